The number of hydrogen-bond acceptors (Lipinski definition) is 5. The zero-order chi connectivity index (χ0) is 17.2. The minimum Gasteiger partial charge on any atom is -0.381 e. The van der Waals surface area contributed by atoms with Gasteiger partial charge in [-0.3, -0.25) is 9.48 Å². The van der Waals surface area contributed by atoms with E-state index in [2.05, 4.69) is 11.2 Å². The average Bonchev–Trinajstić information content (AvgIpc) is 2.92. The minimum atomic E-state index is -0.460. The molecule has 1 unspecified atom stereocenters. The zero-order valence-corrected chi connectivity index (χ0v) is 17.1. The molecule has 0 saturated carbocycles. The highest BCUT2D eigenvalue weighted by Crippen LogP contribution is 2.32. The molecule has 2 N–H and O–H groups in total. The molecule has 2 saturated heterocycles. The standard InChI is InChI=1S/C17H28N4O3.2ClH/c1-13-9-14(2)21(19-13)11-15-10-20(5-8-24-15)16(22)17(12-18)3-6-23-7-4-17;;/h9,15H,3-8,10-12,18H2,1-2H3;2*1H. The van der Waals surface area contributed by atoms with Crippen LogP contribution in [0.5, 0.6) is 0 Å². The van der Waals surface area contributed by atoms with Crippen molar-refractivity contribution in [3.05, 3.63) is 17.5 Å². The van der Waals surface area contributed by atoms with Crippen LogP contribution in [0, 0.1) is 19.3 Å². The van der Waals surface area contributed by atoms with Crippen LogP contribution in [0.25, 0.3) is 0 Å². The van der Waals surface area contributed by atoms with Gasteiger partial charge in [-0.2, -0.15) is 5.10 Å². The Kier molecular flexibility index (Phi) is 8.82. The average molecular weight is 409 g/mol. The number of carbonyl (C=O) groups is 1. The molecule has 3 heterocycles. The number of carbonyl (C=O) groups excluding carboxylic acids is 1. The lowest BCUT2D eigenvalue weighted by Crippen LogP contribution is -2.55. The Balaban J connectivity index is 0.00000169. The highest BCUT2D eigenvalue weighted by atomic mass is 35.5. The first-order valence-electron chi connectivity index (χ1n) is 8.74. The molecule has 0 aliphatic carbocycles. The van der Waals surface area contributed by atoms with E-state index in [0.717, 1.165) is 11.4 Å². The van der Waals surface area contributed by atoms with Crippen LogP contribution in [0.1, 0.15) is 24.2 Å². The molecule has 1 amide bonds. The Morgan fingerprint density at radius 2 is 2.00 bits per heavy atom. The largest absolute Gasteiger partial charge is 0.381 e. The summed E-state index contributed by atoms with van der Waals surface area (Å²) in [6, 6.07) is 2.05. The molecular formula is C17H30Cl2N4O3. The molecule has 2 aliphatic rings. The SMILES string of the molecule is Cc1cc(C)n(CC2CN(C(=O)C3(CN)CCOCC3)CCO2)n1.Cl.Cl. The topological polar surface area (TPSA) is 82.6 Å². The fraction of sp³-hybridized carbons (Fsp3) is 0.765. The predicted octanol–water partition coefficient (Wildman–Crippen LogP) is 1.33. The summed E-state index contributed by atoms with van der Waals surface area (Å²) < 4.78 is 13.2. The fourth-order valence-electron chi connectivity index (χ4n) is 3.67. The number of hydrogen-bond donors (Lipinski definition) is 1. The van der Waals surface area contributed by atoms with E-state index in [4.69, 9.17) is 15.2 Å². The van der Waals surface area contributed by atoms with Crippen LogP contribution in [0.2, 0.25) is 0 Å². The van der Waals surface area contributed by atoms with E-state index in [1.165, 1.54) is 0 Å². The summed E-state index contributed by atoms with van der Waals surface area (Å²) in [5.41, 5.74) is 7.63. The lowest BCUT2D eigenvalue weighted by atomic mass is 9.78. The van der Waals surface area contributed by atoms with Crippen molar-refractivity contribution in [2.45, 2.75) is 39.3 Å². The van der Waals surface area contributed by atoms with Gasteiger partial charge in [-0.25, -0.2) is 0 Å². The summed E-state index contributed by atoms with van der Waals surface area (Å²) in [4.78, 5) is 15.0. The van der Waals surface area contributed by atoms with Crippen LogP contribution in [-0.4, -0.2) is 66.1 Å². The Hall–Kier alpha value is -0.860. The summed E-state index contributed by atoms with van der Waals surface area (Å²) in [7, 11) is 0. The number of morpholine rings is 1. The molecule has 2 fully saturated rings. The van der Waals surface area contributed by atoms with Gasteiger partial charge in [-0.05, 0) is 32.8 Å². The lowest BCUT2D eigenvalue weighted by Gasteiger charge is -2.41. The second kappa shape index (κ2) is 9.90. The van der Waals surface area contributed by atoms with Gasteiger partial charge in [0.15, 0.2) is 0 Å². The van der Waals surface area contributed by atoms with E-state index in [1.54, 1.807) is 0 Å². The maximum absolute atomic E-state index is 13.1. The van der Waals surface area contributed by atoms with Crippen LogP contribution in [-0.2, 0) is 20.8 Å². The molecule has 1 atom stereocenters. The van der Waals surface area contributed by atoms with Crippen molar-refractivity contribution in [3.63, 3.8) is 0 Å². The van der Waals surface area contributed by atoms with Crippen LogP contribution < -0.4 is 5.73 Å². The van der Waals surface area contributed by atoms with Crippen molar-refractivity contribution in [2.24, 2.45) is 11.1 Å². The van der Waals surface area contributed by atoms with Gasteiger partial charge >= 0.3 is 0 Å². The van der Waals surface area contributed by atoms with Crippen LogP contribution in [0.3, 0.4) is 0 Å². The second-order valence-electron chi connectivity index (χ2n) is 6.95. The first-order chi connectivity index (χ1) is 11.5. The molecule has 0 radical (unpaired) electrons. The first kappa shape index (κ1) is 23.2. The third-order valence-corrected chi connectivity index (χ3v) is 5.20. The number of halogens is 2. The molecule has 7 nitrogen and oxygen atoms in total. The smallest absolute Gasteiger partial charge is 0.230 e. The van der Waals surface area contributed by atoms with E-state index in [1.807, 2.05) is 23.4 Å². The summed E-state index contributed by atoms with van der Waals surface area (Å²) in [6.07, 6.45) is 1.39. The monoisotopic (exact) mass is 408 g/mol. The Morgan fingerprint density at radius 1 is 1.31 bits per heavy atom. The molecule has 2 aliphatic heterocycles. The highest BCUT2D eigenvalue weighted by Gasteiger charge is 2.42. The Labute approximate surface area is 167 Å². The van der Waals surface area contributed by atoms with Crippen molar-refractivity contribution in [1.29, 1.82) is 0 Å². The van der Waals surface area contributed by atoms with E-state index >= 15 is 0 Å². The normalized spacial score (nSPS) is 22.3. The predicted molar refractivity (Wildman–Crippen MR) is 104 cm³/mol. The molecule has 1 aromatic rings. The third-order valence-electron chi connectivity index (χ3n) is 5.20. The molecule has 0 aromatic carbocycles. The van der Waals surface area contributed by atoms with Crippen molar-refractivity contribution >= 4 is 30.7 Å². The van der Waals surface area contributed by atoms with Crippen molar-refractivity contribution in [1.82, 2.24) is 14.7 Å². The summed E-state index contributed by atoms with van der Waals surface area (Å²) >= 11 is 0. The molecular weight excluding hydrogens is 379 g/mol. The molecule has 0 spiro atoms. The minimum absolute atomic E-state index is 0. The number of aryl methyl sites for hydroxylation is 2. The van der Waals surface area contributed by atoms with Gasteiger partial charge in [0, 0.05) is 38.5 Å². The van der Waals surface area contributed by atoms with Gasteiger partial charge < -0.3 is 20.1 Å². The first-order valence-corrected chi connectivity index (χ1v) is 8.74. The number of amides is 1. The van der Waals surface area contributed by atoms with Gasteiger partial charge in [0.05, 0.1) is 30.4 Å². The molecule has 9 heteroatoms. The number of rotatable bonds is 4. The summed E-state index contributed by atoms with van der Waals surface area (Å²) in [5, 5.41) is 4.49. The van der Waals surface area contributed by atoms with E-state index in [-0.39, 0.29) is 36.8 Å². The maximum Gasteiger partial charge on any atom is 0.230 e. The van der Waals surface area contributed by atoms with E-state index < -0.39 is 5.41 Å². The van der Waals surface area contributed by atoms with Crippen molar-refractivity contribution in [3.8, 4) is 0 Å². The molecule has 1 aromatic heterocycles. The Bertz CT molecular complexity index is 591. The molecule has 0 bridgehead atoms. The van der Waals surface area contributed by atoms with Gasteiger partial charge in [-0.15, -0.1) is 24.8 Å². The number of nitrogens with two attached hydrogens (primary N) is 1. The van der Waals surface area contributed by atoms with E-state index in [0.29, 0.717) is 58.8 Å². The number of nitrogens with zero attached hydrogens (tertiary/aromatic N) is 3. The van der Waals surface area contributed by atoms with Crippen LogP contribution >= 0.6 is 24.8 Å². The van der Waals surface area contributed by atoms with E-state index in [9.17, 15) is 4.79 Å². The van der Waals surface area contributed by atoms with Gasteiger partial charge in [0.1, 0.15) is 0 Å². The quantitative estimate of drug-likeness (QED) is 0.811. The second-order valence-corrected chi connectivity index (χ2v) is 6.95. The zero-order valence-electron chi connectivity index (χ0n) is 15.5. The van der Waals surface area contributed by atoms with Gasteiger partial charge in [0.25, 0.3) is 0 Å². The van der Waals surface area contributed by atoms with Crippen LogP contribution in [0.4, 0.5) is 0 Å². The fourth-order valence-corrected chi connectivity index (χ4v) is 3.67. The number of aromatic nitrogens is 2. The lowest BCUT2D eigenvalue weighted by molar-refractivity contribution is -0.155. The van der Waals surface area contributed by atoms with Crippen LogP contribution in [0.15, 0.2) is 6.07 Å². The molecule has 26 heavy (non-hydrogen) atoms. The number of ether oxygens (including phenoxy) is 2. The highest BCUT2D eigenvalue weighted by molar-refractivity contribution is 5.85. The third kappa shape index (κ3) is 4.89. The Morgan fingerprint density at radius 3 is 2.58 bits per heavy atom. The van der Waals surface area contributed by atoms with Gasteiger partial charge in [0.2, 0.25) is 5.91 Å². The maximum atomic E-state index is 13.1. The van der Waals surface area contributed by atoms with Gasteiger partial charge in [-0.1, -0.05) is 0 Å². The summed E-state index contributed by atoms with van der Waals surface area (Å²) in [5.74, 6) is 0.162. The van der Waals surface area contributed by atoms with Crippen molar-refractivity contribution < 1.29 is 14.3 Å². The van der Waals surface area contributed by atoms with Crippen molar-refractivity contribution in [2.75, 3.05) is 39.5 Å². The molecule has 3 rings (SSSR count). The molecule has 150 valence electrons. The summed E-state index contributed by atoms with van der Waals surface area (Å²) in [6.45, 7) is 8.10.